The fourth-order valence-corrected chi connectivity index (χ4v) is 1.48. The lowest BCUT2D eigenvalue weighted by molar-refractivity contribution is -0.117. The highest BCUT2D eigenvalue weighted by Crippen LogP contribution is 2.24. The van der Waals surface area contributed by atoms with Gasteiger partial charge in [0.15, 0.2) is 0 Å². The van der Waals surface area contributed by atoms with E-state index in [9.17, 15) is 4.79 Å². The van der Waals surface area contributed by atoms with Crippen molar-refractivity contribution in [3.63, 3.8) is 0 Å². The van der Waals surface area contributed by atoms with Gasteiger partial charge in [-0.15, -0.1) is 0 Å². The van der Waals surface area contributed by atoms with Gasteiger partial charge in [-0.2, -0.15) is 0 Å². The largest absolute Gasteiger partial charge is 0.496 e. The van der Waals surface area contributed by atoms with E-state index in [4.69, 9.17) is 10.5 Å². The van der Waals surface area contributed by atoms with Gasteiger partial charge >= 0.3 is 0 Å². The van der Waals surface area contributed by atoms with Crippen molar-refractivity contribution in [3.05, 3.63) is 29.3 Å². The molecular weight excluding hydrogens is 190 g/mol. The molecule has 1 amide bonds. The number of benzene rings is 1. The van der Waals surface area contributed by atoms with Crippen molar-refractivity contribution in [1.82, 2.24) is 0 Å². The summed E-state index contributed by atoms with van der Waals surface area (Å²) in [5.74, 6) is 0.815. The summed E-state index contributed by atoms with van der Waals surface area (Å²) >= 11 is 0. The number of primary amides is 1. The second-order valence-corrected chi connectivity index (χ2v) is 3.87. The van der Waals surface area contributed by atoms with Crippen LogP contribution in [0.5, 0.6) is 5.75 Å². The molecule has 3 nitrogen and oxygen atoms in total. The molecule has 0 spiro atoms. The Hall–Kier alpha value is -1.51. The first-order valence-corrected chi connectivity index (χ1v) is 4.99. The summed E-state index contributed by atoms with van der Waals surface area (Å²) < 4.78 is 5.17. The number of rotatable bonds is 4. The number of amides is 1. The molecule has 0 saturated heterocycles. The van der Waals surface area contributed by atoms with Crippen LogP contribution in [0.1, 0.15) is 30.9 Å². The summed E-state index contributed by atoms with van der Waals surface area (Å²) in [6, 6.07) is 5.87. The van der Waals surface area contributed by atoms with Gasteiger partial charge in [0, 0.05) is 5.56 Å². The van der Waals surface area contributed by atoms with Crippen molar-refractivity contribution < 1.29 is 9.53 Å². The van der Waals surface area contributed by atoms with Gasteiger partial charge in [-0.05, 0) is 17.5 Å². The molecule has 1 aromatic rings. The van der Waals surface area contributed by atoms with Crippen LogP contribution in [0.2, 0.25) is 0 Å². The highest BCUT2D eigenvalue weighted by atomic mass is 16.5. The maximum atomic E-state index is 10.9. The zero-order chi connectivity index (χ0) is 11.4. The van der Waals surface area contributed by atoms with E-state index < -0.39 is 0 Å². The Bertz CT molecular complexity index is 359. The second-order valence-electron chi connectivity index (χ2n) is 3.87. The molecule has 0 atom stereocenters. The summed E-state index contributed by atoms with van der Waals surface area (Å²) in [4.78, 5) is 10.9. The number of methoxy groups -OCH3 is 1. The molecule has 0 fully saturated rings. The fraction of sp³-hybridized carbons (Fsp3) is 0.417. The molecule has 0 heterocycles. The van der Waals surface area contributed by atoms with Crippen LogP contribution >= 0.6 is 0 Å². The molecule has 3 heteroatoms. The van der Waals surface area contributed by atoms with Crippen molar-refractivity contribution >= 4 is 5.91 Å². The molecule has 0 aliphatic carbocycles. The SMILES string of the molecule is COc1ccc(C(C)C)cc1CC(N)=O. The van der Waals surface area contributed by atoms with E-state index >= 15 is 0 Å². The summed E-state index contributed by atoms with van der Waals surface area (Å²) in [6.07, 6.45) is 0.226. The molecule has 0 bridgehead atoms. The lowest BCUT2D eigenvalue weighted by atomic mass is 9.99. The van der Waals surface area contributed by atoms with E-state index in [0.29, 0.717) is 5.92 Å². The topological polar surface area (TPSA) is 52.3 Å². The standard InChI is InChI=1S/C12H17NO2/c1-8(2)9-4-5-11(15-3)10(6-9)7-12(13)14/h4-6,8H,7H2,1-3H3,(H2,13,14). The van der Waals surface area contributed by atoms with Crippen molar-refractivity contribution in [1.29, 1.82) is 0 Å². The van der Waals surface area contributed by atoms with Crippen molar-refractivity contribution in [2.45, 2.75) is 26.2 Å². The van der Waals surface area contributed by atoms with Gasteiger partial charge < -0.3 is 10.5 Å². The molecule has 1 rings (SSSR count). The Balaban J connectivity index is 3.07. The fourth-order valence-electron chi connectivity index (χ4n) is 1.48. The Kier molecular flexibility index (Phi) is 3.72. The summed E-state index contributed by atoms with van der Waals surface area (Å²) in [6.45, 7) is 4.21. The minimum atomic E-state index is -0.339. The molecule has 0 unspecified atom stereocenters. The monoisotopic (exact) mass is 207 g/mol. The predicted octanol–water partition coefficient (Wildman–Crippen LogP) is 1.85. The first kappa shape index (κ1) is 11.6. The minimum Gasteiger partial charge on any atom is -0.496 e. The third-order valence-electron chi connectivity index (χ3n) is 2.34. The van der Waals surface area contributed by atoms with Crippen molar-refractivity contribution in [3.8, 4) is 5.75 Å². The molecule has 82 valence electrons. The van der Waals surface area contributed by atoms with Crippen LogP contribution in [0.3, 0.4) is 0 Å². The Morgan fingerprint density at radius 2 is 2.13 bits per heavy atom. The second kappa shape index (κ2) is 4.82. The molecular formula is C12H17NO2. The molecule has 0 aliphatic rings. The molecule has 1 aromatic carbocycles. The first-order valence-electron chi connectivity index (χ1n) is 4.99. The molecule has 0 saturated carbocycles. The van der Waals surface area contributed by atoms with Crippen LogP contribution in [-0.2, 0) is 11.2 Å². The zero-order valence-corrected chi connectivity index (χ0v) is 9.41. The van der Waals surface area contributed by atoms with Gasteiger partial charge in [0.1, 0.15) is 5.75 Å². The number of hydrogen-bond acceptors (Lipinski definition) is 2. The Morgan fingerprint density at radius 3 is 2.60 bits per heavy atom. The normalized spacial score (nSPS) is 10.4. The van der Waals surface area contributed by atoms with E-state index in [1.165, 1.54) is 5.56 Å². The lowest BCUT2D eigenvalue weighted by Crippen LogP contribution is -2.14. The maximum absolute atomic E-state index is 10.9. The predicted molar refractivity (Wildman–Crippen MR) is 60.0 cm³/mol. The van der Waals surface area contributed by atoms with E-state index in [1.54, 1.807) is 7.11 Å². The van der Waals surface area contributed by atoms with Gasteiger partial charge in [0.2, 0.25) is 5.91 Å². The van der Waals surface area contributed by atoms with Crippen molar-refractivity contribution in [2.75, 3.05) is 7.11 Å². The third kappa shape index (κ3) is 2.98. The molecule has 0 radical (unpaired) electrons. The van der Waals surface area contributed by atoms with Crippen molar-refractivity contribution in [2.24, 2.45) is 5.73 Å². The quantitative estimate of drug-likeness (QED) is 0.819. The first-order chi connectivity index (χ1) is 7.04. The smallest absolute Gasteiger partial charge is 0.221 e. The number of carbonyl (C=O) groups is 1. The van der Waals surface area contributed by atoms with Crippen LogP contribution in [0.15, 0.2) is 18.2 Å². The van der Waals surface area contributed by atoms with E-state index in [-0.39, 0.29) is 12.3 Å². The molecule has 0 aromatic heterocycles. The van der Waals surface area contributed by atoms with Gasteiger partial charge in [-0.3, -0.25) is 4.79 Å². The van der Waals surface area contributed by atoms with Crippen LogP contribution in [-0.4, -0.2) is 13.0 Å². The Labute approximate surface area is 90.2 Å². The minimum absolute atomic E-state index is 0.226. The highest BCUT2D eigenvalue weighted by molar-refractivity contribution is 5.77. The number of hydrogen-bond donors (Lipinski definition) is 1. The highest BCUT2D eigenvalue weighted by Gasteiger charge is 2.08. The number of nitrogens with two attached hydrogens (primary N) is 1. The van der Waals surface area contributed by atoms with Crippen LogP contribution in [0.25, 0.3) is 0 Å². The number of ether oxygens (including phenoxy) is 1. The maximum Gasteiger partial charge on any atom is 0.221 e. The Morgan fingerprint density at radius 1 is 1.47 bits per heavy atom. The average molecular weight is 207 g/mol. The van der Waals surface area contributed by atoms with E-state index in [0.717, 1.165) is 11.3 Å². The summed E-state index contributed by atoms with van der Waals surface area (Å²) in [5.41, 5.74) is 7.22. The molecule has 0 aliphatic heterocycles. The van der Waals surface area contributed by atoms with Crippen LogP contribution < -0.4 is 10.5 Å². The van der Waals surface area contributed by atoms with Gasteiger partial charge in [0.25, 0.3) is 0 Å². The summed E-state index contributed by atoms with van der Waals surface area (Å²) in [5, 5.41) is 0. The number of carbonyl (C=O) groups excluding carboxylic acids is 1. The average Bonchev–Trinajstić information content (AvgIpc) is 2.16. The third-order valence-corrected chi connectivity index (χ3v) is 2.34. The van der Waals surface area contributed by atoms with Gasteiger partial charge in [-0.1, -0.05) is 26.0 Å². The van der Waals surface area contributed by atoms with E-state index in [1.807, 2.05) is 18.2 Å². The van der Waals surface area contributed by atoms with Crippen LogP contribution in [0, 0.1) is 0 Å². The van der Waals surface area contributed by atoms with Crippen LogP contribution in [0.4, 0.5) is 0 Å². The molecule has 2 N–H and O–H groups in total. The zero-order valence-electron chi connectivity index (χ0n) is 9.41. The van der Waals surface area contributed by atoms with E-state index in [2.05, 4.69) is 13.8 Å². The molecule has 15 heavy (non-hydrogen) atoms. The van der Waals surface area contributed by atoms with Gasteiger partial charge in [-0.25, -0.2) is 0 Å². The summed E-state index contributed by atoms with van der Waals surface area (Å²) in [7, 11) is 1.59. The van der Waals surface area contributed by atoms with Gasteiger partial charge in [0.05, 0.1) is 13.5 Å². The lowest BCUT2D eigenvalue weighted by Gasteiger charge is -2.11.